The minimum atomic E-state index is -0.551. The van der Waals surface area contributed by atoms with Gasteiger partial charge in [0.25, 0.3) is 0 Å². The van der Waals surface area contributed by atoms with Crippen LogP contribution in [0.25, 0.3) is 0 Å². The first-order valence-electron chi connectivity index (χ1n) is 7.12. The molecule has 1 amide bonds. The van der Waals surface area contributed by atoms with Gasteiger partial charge >= 0.3 is 0 Å². The molecule has 1 saturated heterocycles. The van der Waals surface area contributed by atoms with E-state index in [4.69, 9.17) is 0 Å². The van der Waals surface area contributed by atoms with E-state index in [0.717, 1.165) is 25.9 Å². The van der Waals surface area contributed by atoms with Crippen molar-refractivity contribution in [3.8, 4) is 0 Å². The van der Waals surface area contributed by atoms with Crippen molar-refractivity contribution in [3.05, 3.63) is 35.4 Å². The first kappa shape index (κ1) is 13.5. The van der Waals surface area contributed by atoms with E-state index in [1.807, 2.05) is 0 Å². The fraction of sp³-hybridized carbons (Fsp3) is 0.533. The van der Waals surface area contributed by atoms with E-state index in [1.165, 1.54) is 18.2 Å². The molecule has 1 aliphatic heterocycles. The molecule has 2 fully saturated rings. The maximum absolute atomic E-state index is 13.7. The molecule has 2 N–H and O–H groups in total. The summed E-state index contributed by atoms with van der Waals surface area (Å²) in [6.07, 6.45) is 2.54. The zero-order valence-electron chi connectivity index (χ0n) is 11.2. The molecule has 108 valence electrons. The van der Waals surface area contributed by atoms with Crippen LogP contribution in [0, 0.1) is 17.6 Å². The summed E-state index contributed by atoms with van der Waals surface area (Å²) in [7, 11) is 0. The van der Waals surface area contributed by atoms with Crippen molar-refractivity contribution in [2.45, 2.75) is 31.2 Å². The second-order valence-electron chi connectivity index (χ2n) is 5.64. The first-order valence-corrected chi connectivity index (χ1v) is 7.12. The molecular formula is C15H18F2N2O. The van der Waals surface area contributed by atoms with E-state index >= 15 is 0 Å². The quantitative estimate of drug-likeness (QED) is 0.888. The van der Waals surface area contributed by atoms with E-state index < -0.39 is 11.6 Å². The summed E-state index contributed by atoms with van der Waals surface area (Å²) in [5.41, 5.74) is 0.0643. The number of carbonyl (C=O) groups excluding carboxylic acids is 1. The van der Waals surface area contributed by atoms with Gasteiger partial charge in [0.2, 0.25) is 5.91 Å². The van der Waals surface area contributed by atoms with Crippen LogP contribution in [-0.2, 0) is 4.79 Å². The third kappa shape index (κ3) is 2.68. The second-order valence-corrected chi connectivity index (χ2v) is 5.64. The number of benzene rings is 1. The highest BCUT2D eigenvalue weighted by Crippen LogP contribution is 2.49. The molecule has 0 spiro atoms. The highest BCUT2D eigenvalue weighted by Gasteiger charge is 2.46. The van der Waals surface area contributed by atoms with E-state index in [2.05, 4.69) is 10.6 Å². The number of piperidine rings is 1. The summed E-state index contributed by atoms with van der Waals surface area (Å²) >= 11 is 0. The summed E-state index contributed by atoms with van der Waals surface area (Å²) in [4.78, 5) is 12.1. The summed E-state index contributed by atoms with van der Waals surface area (Å²) in [5, 5.41) is 6.20. The van der Waals surface area contributed by atoms with Gasteiger partial charge in [0.1, 0.15) is 11.6 Å². The van der Waals surface area contributed by atoms with Gasteiger partial charge < -0.3 is 10.6 Å². The summed E-state index contributed by atoms with van der Waals surface area (Å²) in [5.74, 6) is -1.78. The molecule has 0 aromatic heterocycles. The fourth-order valence-electron chi connectivity index (χ4n) is 2.95. The van der Waals surface area contributed by atoms with Crippen molar-refractivity contribution in [1.29, 1.82) is 0 Å². The van der Waals surface area contributed by atoms with Crippen LogP contribution in [0.4, 0.5) is 8.78 Å². The van der Waals surface area contributed by atoms with Gasteiger partial charge in [-0.2, -0.15) is 0 Å². The van der Waals surface area contributed by atoms with E-state index in [0.29, 0.717) is 6.42 Å². The molecule has 0 bridgehead atoms. The zero-order valence-corrected chi connectivity index (χ0v) is 11.2. The number of nitrogens with one attached hydrogen (secondary N) is 2. The fourth-order valence-corrected chi connectivity index (χ4v) is 2.95. The molecule has 2 aliphatic rings. The van der Waals surface area contributed by atoms with E-state index in [-0.39, 0.29) is 29.3 Å². The average Bonchev–Trinajstić information content (AvgIpc) is 3.20. The zero-order chi connectivity index (χ0) is 14.1. The maximum Gasteiger partial charge on any atom is 0.224 e. The number of rotatable bonds is 3. The third-order valence-corrected chi connectivity index (χ3v) is 4.14. The van der Waals surface area contributed by atoms with Crippen LogP contribution in [0.15, 0.2) is 18.2 Å². The lowest BCUT2D eigenvalue weighted by molar-refractivity contribution is -0.123. The first-order chi connectivity index (χ1) is 9.66. The third-order valence-electron chi connectivity index (χ3n) is 4.14. The minimum absolute atomic E-state index is 0.0643. The van der Waals surface area contributed by atoms with Crippen LogP contribution in [0.3, 0.4) is 0 Å². The van der Waals surface area contributed by atoms with Crippen molar-refractivity contribution in [1.82, 2.24) is 10.6 Å². The van der Waals surface area contributed by atoms with Crippen molar-refractivity contribution in [2.24, 2.45) is 5.92 Å². The van der Waals surface area contributed by atoms with Crippen molar-refractivity contribution in [3.63, 3.8) is 0 Å². The molecule has 1 saturated carbocycles. The molecule has 0 radical (unpaired) electrons. The Morgan fingerprint density at radius 2 is 2.05 bits per heavy atom. The van der Waals surface area contributed by atoms with Crippen molar-refractivity contribution >= 4 is 5.91 Å². The lowest BCUT2D eigenvalue weighted by atomic mass is 10.1. The van der Waals surface area contributed by atoms with Crippen molar-refractivity contribution in [2.75, 3.05) is 13.1 Å². The van der Waals surface area contributed by atoms with Gasteiger partial charge in [-0.3, -0.25) is 4.79 Å². The van der Waals surface area contributed by atoms with Crippen LogP contribution >= 0.6 is 0 Å². The average molecular weight is 280 g/mol. The van der Waals surface area contributed by atoms with Crippen LogP contribution in [0.1, 0.15) is 30.7 Å². The SMILES string of the molecule is O=C(NC1CCCNC1)C1CC1c1c(F)cccc1F. The normalized spacial score (nSPS) is 29.0. The molecular weight excluding hydrogens is 262 g/mol. The number of hydrogen-bond acceptors (Lipinski definition) is 2. The van der Waals surface area contributed by atoms with Gasteiger partial charge in [-0.1, -0.05) is 6.07 Å². The predicted octanol–water partition coefficient (Wildman–Crippen LogP) is 1.94. The predicted molar refractivity (Wildman–Crippen MR) is 71.2 cm³/mol. The number of carbonyl (C=O) groups is 1. The van der Waals surface area contributed by atoms with Gasteiger partial charge in [-0.25, -0.2) is 8.78 Å². The topological polar surface area (TPSA) is 41.1 Å². The van der Waals surface area contributed by atoms with Crippen LogP contribution < -0.4 is 10.6 Å². The van der Waals surface area contributed by atoms with Gasteiger partial charge in [0, 0.05) is 30.0 Å². The Hall–Kier alpha value is -1.49. The monoisotopic (exact) mass is 280 g/mol. The van der Waals surface area contributed by atoms with Crippen LogP contribution in [-0.4, -0.2) is 25.0 Å². The standard InChI is InChI=1S/C15H18F2N2O/c16-12-4-1-5-13(17)14(12)10-7-11(10)15(20)19-9-3-2-6-18-8-9/h1,4-5,9-11,18H,2-3,6-8H2,(H,19,20). The highest BCUT2D eigenvalue weighted by atomic mass is 19.1. The number of hydrogen-bond donors (Lipinski definition) is 2. The molecule has 3 unspecified atom stereocenters. The molecule has 3 nitrogen and oxygen atoms in total. The van der Waals surface area contributed by atoms with Crippen molar-refractivity contribution < 1.29 is 13.6 Å². The molecule has 1 aromatic carbocycles. The Kier molecular flexibility index (Phi) is 3.70. The molecule has 1 aliphatic carbocycles. The Morgan fingerprint density at radius 3 is 2.70 bits per heavy atom. The molecule has 20 heavy (non-hydrogen) atoms. The van der Waals surface area contributed by atoms with Crippen LogP contribution in [0.5, 0.6) is 0 Å². The van der Waals surface area contributed by atoms with Gasteiger partial charge in [-0.15, -0.1) is 0 Å². The number of amides is 1. The second kappa shape index (κ2) is 5.48. The molecule has 5 heteroatoms. The Morgan fingerprint density at radius 1 is 1.30 bits per heavy atom. The van der Waals surface area contributed by atoms with Gasteiger partial charge in [0.05, 0.1) is 0 Å². The molecule has 3 rings (SSSR count). The summed E-state index contributed by atoms with van der Waals surface area (Å²) in [6, 6.07) is 3.98. The number of halogens is 2. The molecule has 1 heterocycles. The van der Waals surface area contributed by atoms with Gasteiger partial charge in [-0.05, 0) is 37.9 Å². The van der Waals surface area contributed by atoms with E-state index in [1.54, 1.807) is 0 Å². The lowest BCUT2D eigenvalue weighted by Gasteiger charge is -2.23. The van der Waals surface area contributed by atoms with Gasteiger partial charge in [0.15, 0.2) is 0 Å². The Balaban J connectivity index is 1.62. The van der Waals surface area contributed by atoms with Crippen LogP contribution in [0.2, 0.25) is 0 Å². The molecule has 1 aromatic rings. The van der Waals surface area contributed by atoms with E-state index in [9.17, 15) is 13.6 Å². The summed E-state index contributed by atoms with van der Waals surface area (Å²) in [6.45, 7) is 1.76. The Labute approximate surface area is 116 Å². The Bertz CT molecular complexity index is 494. The smallest absolute Gasteiger partial charge is 0.224 e. The highest BCUT2D eigenvalue weighted by molar-refractivity contribution is 5.83. The minimum Gasteiger partial charge on any atom is -0.352 e. The summed E-state index contributed by atoms with van der Waals surface area (Å²) < 4.78 is 27.3. The largest absolute Gasteiger partial charge is 0.352 e. The maximum atomic E-state index is 13.7. The molecule has 3 atom stereocenters. The lowest BCUT2D eigenvalue weighted by Crippen LogP contribution is -2.46.